The lowest BCUT2D eigenvalue weighted by Gasteiger charge is -2.39. The van der Waals surface area contributed by atoms with Crippen LogP contribution in [0.4, 0.5) is 5.69 Å². The lowest BCUT2D eigenvalue weighted by molar-refractivity contribution is -0.147. The molecule has 0 spiro atoms. The van der Waals surface area contributed by atoms with Gasteiger partial charge < -0.3 is 29.7 Å². The predicted octanol–water partition coefficient (Wildman–Crippen LogP) is 1.07. The summed E-state index contributed by atoms with van der Waals surface area (Å²) in [6, 6.07) is 11.9. The van der Waals surface area contributed by atoms with Crippen LogP contribution in [-0.4, -0.2) is 84.6 Å². The van der Waals surface area contributed by atoms with Crippen molar-refractivity contribution >= 4 is 29.4 Å². The molecule has 1 saturated heterocycles. The Morgan fingerprint density at radius 2 is 1.79 bits per heavy atom. The largest absolute Gasteiger partial charge is 0.497 e. The van der Waals surface area contributed by atoms with Crippen molar-refractivity contribution in [2.24, 2.45) is 0 Å². The average Bonchev–Trinajstić information content (AvgIpc) is 2.92. The van der Waals surface area contributed by atoms with Crippen LogP contribution in [0, 0.1) is 0 Å². The molecule has 1 fully saturated rings. The normalized spacial score (nSPS) is 17.5. The number of hydrogen-bond donors (Lipinski definition) is 2. The Kier molecular flexibility index (Phi) is 6.27. The van der Waals surface area contributed by atoms with E-state index in [1.54, 1.807) is 19.2 Å². The molecule has 2 N–H and O–H groups in total. The van der Waals surface area contributed by atoms with E-state index in [-0.39, 0.29) is 31.4 Å². The van der Waals surface area contributed by atoms with Crippen molar-refractivity contribution in [1.29, 1.82) is 0 Å². The number of anilines is 1. The summed E-state index contributed by atoms with van der Waals surface area (Å²) >= 11 is 0. The van der Waals surface area contributed by atoms with E-state index in [2.05, 4.69) is 5.32 Å². The van der Waals surface area contributed by atoms with Gasteiger partial charge in [-0.05, 0) is 35.4 Å². The Labute approximate surface area is 189 Å². The number of hydrogen-bond acceptors (Lipinski definition) is 6. The molecule has 2 aliphatic rings. The molecular formula is C23H23N3O7. The number of rotatable bonds is 6. The van der Waals surface area contributed by atoms with Gasteiger partial charge in [0, 0.05) is 13.1 Å². The number of methoxy groups -OCH3 is 1. The minimum atomic E-state index is -1.17. The molecule has 1 atom stereocenters. The first-order valence-electron chi connectivity index (χ1n) is 10.3. The molecule has 3 amide bonds. The molecule has 4 rings (SSSR count). The highest BCUT2D eigenvalue weighted by molar-refractivity contribution is 6.10. The van der Waals surface area contributed by atoms with Crippen LogP contribution in [0.1, 0.15) is 10.4 Å². The summed E-state index contributed by atoms with van der Waals surface area (Å²) in [4.78, 5) is 52.0. The first kappa shape index (κ1) is 22.3. The highest BCUT2D eigenvalue weighted by atomic mass is 16.5. The van der Waals surface area contributed by atoms with Crippen LogP contribution in [-0.2, 0) is 19.1 Å². The number of piperazine rings is 1. The molecule has 10 nitrogen and oxygen atoms in total. The van der Waals surface area contributed by atoms with E-state index in [0.29, 0.717) is 11.3 Å². The Morgan fingerprint density at radius 3 is 2.48 bits per heavy atom. The number of carbonyl (C=O) groups excluding carboxylic acids is 3. The lowest BCUT2D eigenvalue weighted by atomic mass is 10.0. The van der Waals surface area contributed by atoms with E-state index in [0.717, 1.165) is 16.9 Å². The molecule has 2 aromatic carbocycles. The molecule has 0 bridgehead atoms. The summed E-state index contributed by atoms with van der Waals surface area (Å²) in [5.41, 5.74) is 2.51. The standard InChI is InChI=1S/C23H23N3O7/c1-32-16-5-2-14(3-6-16)15-4-7-18-17(10-15)23(31)26-9-8-25(11-19(26)22(30)24-18)20(27)12-33-13-21(28)29/h2-7,10,19H,8-9,11-13H2,1H3,(H,24,30)(H,28,29)/t19-/m0/s1. The van der Waals surface area contributed by atoms with E-state index in [1.807, 2.05) is 30.3 Å². The Balaban J connectivity index is 1.53. The van der Waals surface area contributed by atoms with E-state index < -0.39 is 31.1 Å². The predicted molar refractivity (Wildman–Crippen MR) is 117 cm³/mol. The molecule has 0 saturated carbocycles. The number of nitrogens with one attached hydrogen (secondary N) is 1. The van der Waals surface area contributed by atoms with Gasteiger partial charge in [-0.15, -0.1) is 0 Å². The summed E-state index contributed by atoms with van der Waals surface area (Å²) in [6.45, 7) is -0.585. The second-order valence-corrected chi connectivity index (χ2v) is 7.72. The third kappa shape index (κ3) is 4.65. The molecule has 0 aliphatic carbocycles. The zero-order valence-electron chi connectivity index (χ0n) is 17.9. The molecule has 10 heteroatoms. The first-order valence-corrected chi connectivity index (χ1v) is 10.3. The highest BCUT2D eigenvalue weighted by Crippen LogP contribution is 2.31. The number of carboxylic acid groups (broad SMARTS) is 1. The average molecular weight is 453 g/mol. The number of carbonyl (C=O) groups is 4. The number of nitrogens with zero attached hydrogens (tertiary/aromatic N) is 2. The zero-order valence-corrected chi connectivity index (χ0v) is 17.9. The van der Waals surface area contributed by atoms with E-state index in [9.17, 15) is 19.2 Å². The van der Waals surface area contributed by atoms with Crippen molar-refractivity contribution in [2.75, 3.05) is 45.3 Å². The fourth-order valence-electron chi connectivity index (χ4n) is 3.96. The maximum atomic E-state index is 13.3. The molecule has 2 aromatic rings. The minimum Gasteiger partial charge on any atom is -0.497 e. The third-order valence-corrected chi connectivity index (χ3v) is 5.68. The lowest BCUT2D eigenvalue weighted by Crippen LogP contribution is -2.60. The van der Waals surface area contributed by atoms with Gasteiger partial charge in [0.05, 0.1) is 24.9 Å². The summed E-state index contributed by atoms with van der Waals surface area (Å²) in [7, 11) is 1.59. The van der Waals surface area contributed by atoms with Crippen LogP contribution in [0.5, 0.6) is 5.75 Å². The fraction of sp³-hybridized carbons (Fsp3) is 0.304. The van der Waals surface area contributed by atoms with Crippen LogP contribution < -0.4 is 10.1 Å². The van der Waals surface area contributed by atoms with Gasteiger partial charge >= 0.3 is 5.97 Å². The maximum absolute atomic E-state index is 13.3. The van der Waals surface area contributed by atoms with Gasteiger partial charge in [0.1, 0.15) is 25.0 Å². The number of amides is 3. The highest BCUT2D eigenvalue weighted by Gasteiger charge is 2.40. The van der Waals surface area contributed by atoms with Crippen molar-refractivity contribution in [1.82, 2.24) is 9.80 Å². The smallest absolute Gasteiger partial charge is 0.329 e. The second-order valence-electron chi connectivity index (χ2n) is 7.72. The van der Waals surface area contributed by atoms with E-state index in [4.69, 9.17) is 14.6 Å². The van der Waals surface area contributed by atoms with Gasteiger partial charge in [0.2, 0.25) is 11.8 Å². The van der Waals surface area contributed by atoms with Crippen molar-refractivity contribution in [3.8, 4) is 16.9 Å². The Hall–Kier alpha value is -3.92. The zero-order chi connectivity index (χ0) is 23.5. The SMILES string of the molecule is COc1ccc(-c2ccc3c(c2)C(=O)N2CCN(C(=O)COCC(=O)O)C[C@H]2C(=O)N3)cc1. The van der Waals surface area contributed by atoms with Crippen molar-refractivity contribution < 1.29 is 33.8 Å². The Morgan fingerprint density at radius 1 is 1.06 bits per heavy atom. The molecular weight excluding hydrogens is 430 g/mol. The molecule has 2 heterocycles. The van der Waals surface area contributed by atoms with Gasteiger partial charge in [-0.3, -0.25) is 14.4 Å². The van der Waals surface area contributed by atoms with Gasteiger partial charge in [0.25, 0.3) is 5.91 Å². The topological polar surface area (TPSA) is 125 Å². The number of fused-ring (bicyclic) bond motifs is 2. The van der Waals surface area contributed by atoms with Crippen molar-refractivity contribution in [2.45, 2.75) is 6.04 Å². The van der Waals surface area contributed by atoms with Crippen LogP contribution >= 0.6 is 0 Å². The number of carboxylic acids is 1. The van der Waals surface area contributed by atoms with Gasteiger partial charge in [0.15, 0.2) is 0 Å². The molecule has 2 aliphatic heterocycles. The molecule has 33 heavy (non-hydrogen) atoms. The maximum Gasteiger partial charge on any atom is 0.329 e. The fourth-order valence-corrected chi connectivity index (χ4v) is 3.96. The monoisotopic (exact) mass is 453 g/mol. The molecule has 0 radical (unpaired) electrons. The van der Waals surface area contributed by atoms with Crippen LogP contribution in [0.3, 0.4) is 0 Å². The molecule has 172 valence electrons. The van der Waals surface area contributed by atoms with Crippen LogP contribution in [0.25, 0.3) is 11.1 Å². The summed E-state index contributed by atoms with van der Waals surface area (Å²) in [5.74, 6) is -1.56. The number of aliphatic carboxylic acids is 1. The van der Waals surface area contributed by atoms with Crippen molar-refractivity contribution in [3.63, 3.8) is 0 Å². The van der Waals surface area contributed by atoms with Gasteiger partial charge in [-0.25, -0.2) is 4.79 Å². The second kappa shape index (κ2) is 9.29. The Bertz CT molecular complexity index is 1100. The van der Waals surface area contributed by atoms with E-state index >= 15 is 0 Å². The summed E-state index contributed by atoms with van der Waals surface area (Å²) in [5, 5.41) is 11.4. The first-order chi connectivity index (χ1) is 15.9. The van der Waals surface area contributed by atoms with Crippen molar-refractivity contribution in [3.05, 3.63) is 48.0 Å². The molecule has 0 unspecified atom stereocenters. The quantitative estimate of drug-likeness (QED) is 0.670. The van der Waals surface area contributed by atoms with Gasteiger partial charge in [-0.1, -0.05) is 18.2 Å². The number of benzene rings is 2. The van der Waals surface area contributed by atoms with Crippen LogP contribution in [0.2, 0.25) is 0 Å². The number of ether oxygens (including phenoxy) is 2. The summed E-state index contributed by atoms with van der Waals surface area (Å²) in [6.07, 6.45) is 0. The minimum absolute atomic E-state index is 0.00611. The summed E-state index contributed by atoms with van der Waals surface area (Å²) < 4.78 is 10.0. The van der Waals surface area contributed by atoms with E-state index in [1.165, 1.54) is 9.80 Å². The molecule has 0 aromatic heterocycles. The van der Waals surface area contributed by atoms with Crippen LogP contribution in [0.15, 0.2) is 42.5 Å². The van der Waals surface area contributed by atoms with Gasteiger partial charge in [-0.2, -0.15) is 0 Å². The third-order valence-electron chi connectivity index (χ3n) is 5.68.